The van der Waals surface area contributed by atoms with Crippen LogP contribution >= 0.6 is 0 Å². The first kappa shape index (κ1) is 61.9. The van der Waals surface area contributed by atoms with E-state index in [4.69, 9.17) is 0 Å². The third-order valence-electron chi connectivity index (χ3n) is 3.87. The Morgan fingerprint density at radius 3 is 0.902 bits per heavy atom. The molecule has 0 saturated carbocycles. The number of nitrogens with zero attached hydrogens (tertiary/aromatic N) is 8. The van der Waals surface area contributed by atoms with E-state index < -0.39 is 0 Å². The summed E-state index contributed by atoms with van der Waals surface area (Å²) in [5.41, 5.74) is 0. The van der Waals surface area contributed by atoms with E-state index in [2.05, 4.69) is 115 Å². The van der Waals surface area contributed by atoms with Gasteiger partial charge in [0.2, 0.25) is 0 Å². The molecule has 0 heterocycles. The van der Waals surface area contributed by atoms with Crippen molar-refractivity contribution >= 4 is 96.9 Å². The second-order valence-corrected chi connectivity index (χ2v) is 11.3. The largest absolute Gasteiger partial charge is 2.00 e. The summed E-state index contributed by atoms with van der Waals surface area (Å²) in [5, 5.41) is 21.2. The summed E-state index contributed by atoms with van der Waals surface area (Å²) >= 11 is 0. The molecule has 0 unspecified atom stereocenters. The third-order valence-corrected chi connectivity index (χ3v) is 3.87. The van der Waals surface area contributed by atoms with Gasteiger partial charge in [0, 0.05) is 26.2 Å². The van der Waals surface area contributed by atoms with Gasteiger partial charge in [0.25, 0.3) is 0 Å². The smallest absolute Gasteiger partial charge is 0.663 e. The summed E-state index contributed by atoms with van der Waals surface area (Å²) in [6.07, 6.45) is 0.0370. The second-order valence-electron chi connectivity index (χ2n) is 11.3. The van der Waals surface area contributed by atoms with Crippen LogP contribution < -0.4 is 5.32 Å². The Hall–Kier alpha value is 1.99. The van der Waals surface area contributed by atoms with Gasteiger partial charge in [0.05, 0.1) is 0 Å². The maximum Gasteiger partial charge on any atom is 2.00 e. The van der Waals surface area contributed by atoms with Gasteiger partial charge in [0.15, 0.2) is 5.96 Å². The maximum atomic E-state index is 4.48. The van der Waals surface area contributed by atoms with Crippen molar-refractivity contribution in [2.45, 2.75) is 139 Å². The maximum absolute atomic E-state index is 4.48. The minimum atomic E-state index is 0. The summed E-state index contributed by atoms with van der Waals surface area (Å²) in [6, 6.07) is 2.16. The fourth-order valence-corrected chi connectivity index (χ4v) is 2.46. The van der Waals surface area contributed by atoms with Crippen LogP contribution in [0.1, 0.15) is 90.5 Å². The van der Waals surface area contributed by atoms with Crippen LogP contribution in [-0.2, 0) is 0 Å². The normalized spacial score (nSPS) is 11.0. The van der Waals surface area contributed by atoms with E-state index in [1.807, 2.05) is 57.0 Å². The van der Waals surface area contributed by atoms with E-state index in [0.29, 0.717) is 36.3 Å². The molecule has 0 rings (SSSR count). The molecule has 0 aliphatic rings. The molecule has 0 saturated heterocycles. The van der Waals surface area contributed by atoms with E-state index in [1.54, 1.807) is 0 Å². The van der Waals surface area contributed by atoms with Crippen molar-refractivity contribution in [1.29, 1.82) is 0 Å². The average molecular weight is 735 g/mol. The Kier molecular flexibility index (Phi) is 55.1. The van der Waals surface area contributed by atoms with E-state index in [1.165, 1.54) is 0 Å². The SMILES string of the molecule is C.CC(C)N=C(NC(C)C)N(C)C.CC(C)[N-]C([N-]C(C)C)N(C)C.CC(C)[N-]C([N-]C(C)C)N(C)C.[CH3-].[CH3-].[Sr+2].[Sr+2]. The molecule has 0 aliphatic carbocycles. The molecule has 1 N–H and O–H groups in total. The van der Waals surface area contributed by atoms with Gasteiger partial charge >= 0.3 is 91.0 Å². The molecule has 0 aliphatic heterocycles. The summed E-state index contributed by atoms with van der Waals surface area (Å²) in [5.74, 6) is 0.958. The third kappa shape index (κ3) is 46.5. The Morgan fingerprint density at radius 1 is 0.537 bits per heavy atom. The molecule has 0 aromatic rings. The van der Waals surface area contributed by atoms with Gasteiger partial charge in [-0.2, -0.15) is 12.6 Å². The van der Waals surface area contributed by atoms with E-state index in [-0.39, 0.29) is 126 Å². The van der Waals surface area contributed by atoms with Crippen molar-refractivity contribution in [2.24, 2.45) is 4.99 Å². The predicted octanol–water partition coefficient (Wildman–Crippen LogP) is 6.88. The van der Waals surface area contributed by atoms with Gasteiger partial charge in [-0.05, 0) is 55.9 Å². The number of aliphatic imine (C=N–C) groups is 1. The molecule has 0 bridgehead atoms. The van der Waals surface area contributed by atoms with Crippen LogP contribution in [0.25, 0.3) is 21.3 Å². The van der Waals surface area contributed by atoms with Crippen molar-refractivity contribution in [3.63, 3.8) is 0 Å². The molecule has 41 heavy (non-hydrogen) atoms. The van der Waals surface area contributed by atoms with Crippen molar-refractivity contribution < 1.29 is 0 Å². The second kappa shape index (κ2) is 36.5. The number of nitrogens with one attached hydrogen (secondary N) is 1. The zero-order valence-corrected chi connectivity index (χ0v) is 37.6. The Balaban J connectivity index is -0.0000000626. The van der Waals surface area contributed by atoms with Gasteiger partial charge in [0.1, 0.15) is 0 Å². The average Bonchev–Trinajstić information content (AvgIpc) is 2.65. The minimum absolute atomic E-state index is 0. The molecule has 244 valence electrons. The quantitative estimate of drug-likeness (QED) is 0.103. The molecule has 9 nitrogen and oxygen atoms in total. The fraction of sp³-hybridized carbons (Fsp3) is 0.900. The Labute approximate surface area is 335 Å². The summed E-state index contributed by atoms with van der Waals surface area (Å²) in [7, 11) is 12.0. The molecular weight excluding hydrogens is 662 g/mol. The van der Waals surface area contributed by atoms with Crippen molar-refractivity contribution in [3.8, 4) is 0 Å². The Morgan fingerprint density at radius 2 is 0.780 bits per heavy atom. The number of rotatable bonds is 12. The van der Waals surface area contributed by atoms with Crippen molar-refractivity contribution in [1.82, 2.24) is 20.0 Å². The van der Waals surface area contributed by atoms with E-state index in [9.17, 15) is 0 Å². The van der Waals surface area contributed by atoms with Gasteiger partial charge in [-0.1, -0.05) is 62.8 Å². The first-order chi connectivity index (χ1) is 16.3. The molecule has 0 amide bonds. The zero-order chi connectivity index (χ0) is 29.2. The molecule has 0 fully saturated rings. The molecule has 0 atom stereocenters. The topological polar surface area (TPSA) is 90.5 Å². The molecule has 11 heteroatoms. The Bertz CT molecular complexity index is 478. The first-order valence-corrected chi connectivity index (χ1v) is 13.4. The zero-order valence-electron chi connectivity index (χ0n) is 30.6. The van der Waals surface area contributed by atoms with Crippen LogP contribution in [0.4, 0.5) is 0 Å². The van der Waals surface area contributed by atoms with E-state index in [0.717, 1.165) is 5.96 Å². The molecule has 0 spiro atoms. The van der Waals surface area contributed by atoms with Crippen LogP contribution in [-0.4, -0.2) is 203 Å². The number of guanidine groups is 1. The van der Waals surface area contributed by atoms with Gasteiger partial charge in [-0.25, -0.2) is 0 Å². The van der Waals surface area contributed by atoms with Gasteiger partial charge in [-0.15, -0.1) is 24.2 Å². The summed E-state index contributed by atoms with van der Waals surface area (Å²) in [6.45, 7) is 25.0. The molecule has 0 radical (unpaired) electrons. The van der Waals surface area contributed by atoms with Crippen molar-refractivity contribution in [3.05, 3.63) is 36.1 Å². The number of hydrogen-bond donors (Lipinski definition) is 1. The monoisotopic (exact) mass is 735 g/mol. The first-order valence-electron chi connectivity index (χ1n) is 13.4. The standard InChI is InChI=1S/3C9H21N3.CH4.2CH3.2Sr/c3*1-7(2)10-9(12(5)6)11-8(3)4;;;;;/h7-8H,1-6H3,(H,10,11);2*7-9H,1-6H3;1H4;2*1H3;;/q;2*-2;;2*-1;2*+2. The summed E-state index contributed by atoms with van der Waals surface area (Å²) in [4.78, 5) is 10.5. The predicted molar refractivity (Wildman–Crippen MR) is 195 cm³/mol. The molecule has 0 aromatic heterocycles. The molecule has 0 aromatic carbocycles. The minimum Gasteiger partial charge on any atom is -0.663 e. The van der Waals surface area contributed by atoms with Crippen LogP contribution in [0.2, 0.25) is 0 Å². The van der Waals surface area contributed by atoms with Gasteiger partial charge in [-0.3, -0.25) is 4.99 Å². The fourth-order valence-electron chi connectivity index (χ4n) is 2.46. The van der Waals surface area contributed by atoms with Crippen LogP contribution in [0.15, 0.2) is 4.99 Å². The summed E-state index contributed by atoms with van der Waals surface area (Å²) < 4.78 is 0. The van der Waals surface area contributed by atoms with E-state index >= 15 is 0 Å². The van der Waals surface area contributed by atoms with Crippen LogP contribution in [0, 0.1) is 14.9 Å². The van der Waals surface area contributed by atoms with Crippen LogP contribution in [0.5, 0.6) is 0 Å². The van der Waals surface area contributed by atoms with Crippen LogP contribution in [0.3, 0.4) is 0 Å². The van der Waals surface area contributed by atoms with Crippen molar-refractivity contribution in [2.75, 3.05) is 42.3 Å². The molecular formula is C30H73N9Sr2-2. The number of hydrogen-bond acceptors (Lipinski definition) is 3. The van der Waals surface area contributed by atoms with Gasteiger partial charge < -0.3 is 56.1 Å².